The van der Waals surface area contributed by atoms with E-state index in [-0.39, 0.29) is 0 Å². The lowest BCUT2D eigenvalue weighted by Gasteiger charge is -2.23. The predicted octanol–water partition coefficient (Wildman–Crippen LogP) is 4.70. The third-order valence-electron chi connectivity index (χ3n) is 4.74. The lowest BCUT2D eigenvalue weighted by atomic mass is 9.84. The molecule has 0 N–H and O–H groups in total. The molecule has 3 heteroatoms. The highest BCUT2D eigenvalue weighted by molar-refractivity contribution is 5.56. The van der Waals surface area contributed by atoms with Crippen LogP contribution in [0.5, 0.6) is 0 Å². The Bertz CT molecular complexity index is 698. The Balaban J connectivity index is 1.72. The average molecular weight is 305 g/mol. The molecule has 0 bridgehead atoms. The van der Waals surface area contributed by atoms with Crippen LogP contribution in [0.25, 0.3) is 11.4 Å². The number of aryl methyl sites for hydroxylation is 1. The molecular weight excluding hydrogens is 282 g/mol. The maximum Gasteiger partial charge on any atom is 0.159 e. The van der Waals surface area contributed by atoms with E-state index < -0.39 is 0 Å². The Morgan fingerprint density at radius 2 is 2.04 bits per heavy atom. The van der Waals surface area contributed by atoms with Crippen molar-refractivity contribution in [1.82, 2.24) is 9.97 Å². The first-order chi connectivity index (χ1) is 11.3. The zero-order chi connectivity index (χ0) is 16.1. The molecule has 0 aliphatic heterocycles. The first kappa shape index (κ1) is 15.7. The summed E-state index contributed by atoms with van der Waals surface area (Å²) in [6.45, 7) is 2.26. The van der Waals surface area contributed by atoms with E-state index in [1.54, 1.807) is 0 Å². The normalized spacial score (nSPS) is 16.6. The third kappa shape index (κ3) is 3.76. The Morgan fingerprint density at radius 1 is 1.22 bits per heavy atom. The van der Waals surface area contributed by atoms with Gasteiger partial charge in [-0.05, 0) is 55.0 Å². The summed E-state index contributed by atoms with van der Waals surface area (Å²) >= 11 is 0. The molecule has 0 saturated carbocycles. The van der Waals surface area contributed by atoms with Crippen molar-refractivity contribution in [2.24, 2.45) is 5.92 Å². The molecule has 1 aromatic carbocycles. The van der Waals surface area contributed by atoms with Crippen LogP contribution in [-0.2, 0) is 12.8 Å². The zero-order valence-corrected chi connectivity index (χ0v) is 13.8. The molecule has 3 nitrogen and oxygen atoms in total. The summed E-state index contributed by atoms with van der Waals surface area (Å²) in [5.41, 5.74) is 4.19. The van der Waals surface area contributed by atoms with Gasteiger partial charge >= 0.3 is 0 Å². The molecule has 0 spiro atoms. The van der Waals surface area contributed by atoms with Gasteiger partial charge in [-0.3, -0.25) is 0 Å². The summed E-state index contributed by atoms with van der Waals surface area (Å²) in [5.74, 6) is 1.58. The van der Waals surface area contributed by atoms with Crippen molar-refractivity contribution in [3.63, 3.8) is 0 Å². The van der Waals surface area contributed by atoms with Crippen LogP contribution in [0.1, 0.15) is 55.8 Å². The van der Waals surface area contributed by atoms with Gasteiger partial charge in [0, 0.05) is 17.5 Å². The van der Waals surface area contributed by atoms with E-state index in [1.165, 1.54) is 43.4 Å². The molecule has 1 atom stereocenters. The number of nitrogens with zero attached hydrogens (tertiary/aromatic N) is 3. The second-order valence-electron chi connectivity index (χ2n) is 6.46. The quantitative estimate of drug-likeness (QED) is 0.752. The third-order valence-corrected chi connectivity index (χ3v) is 4.74. The van der Waals surface area contributed by atoms with E-state index in [0.717, 1.165) is 30.1 Å². The molecule has 0 fully saturated rings. The van der Waals surface area contributed by atoms with Gasteiger partial charge in [-0.2, -0.15) is 5.26 Å². The molecule has 1 aliphatic carbocycles. The molecule has 1 unspecified atom stereocenters. The van der Waals surface area contributed by atoms with Gasteiger partial charge in [0.15, 0.2) is 5.82 Å². The summed E-state index contributed by atoms with van der Waals surface area (Å²) in [4.78, 5) is 9.33. The Labute approximate surface area is 138 Å². The predicted molar refractivity (Wildman–Crippen MR) is 91.8 cm³/mol. The minimum atomic E-state index is 0.668. The van der Waals surface area contributed by atoms with Crippen LogP contribution < -0.4 is 0 Å². The number of unbranched alkanes of at least 4 members (excludes halogenated alkanes) is 2. The molecular formula is C20H23N3. The molecule has 0 amide bonds. The SMILES string of the molecule is CCCCCC1CCc2nc(-c3ccc(C#N)cc3)ncc2C1. The fourth-order valence-corrected chi connectivity index (χ4v) is 3.35. The number of benzene rings is 1. The average Bonchev–Trinajstić information content (AvgIpc) is 2.61. The smallest absolute Gasteiger partial charge is 0.159 e. The molecule has 0 radical (unpaired) electrons. The summed E-state index contributed by atoms with van der Waals surface area (Å²) in [6.07, 6.45) is 10.8. The minimum Gasteiger partial charge on any atom is -0.236 e. The van der Waals surface area contributed by atoms with E-state index in [1.807, 2.05) is 30.5 Å². The highest BCUT2D eigenvalue weighted by Crippen LogP contribution is 2.29. The van der Waals surface area contributed by atoms with Crippen molar-refractivity contribution in [2.75, 3.05) is 0 Å². The summed E-state index contributed by atoms with van der Waals surface area (Å²) in [6, 6.07) is 9.64. The molecule has 1 aliphatic rings. The van der Waals surface area contributed by atoms with E-state index in [4.69, 9.17) is 10.2 Å². The van der Waals surface area contributed by atoms with Gasteiger partial charge in [0.05, 0.1) is 11.6 Å². The van der Waals surface area contributed by atoms with Crippen molar-refractivity contribution >= 4 is 0 Å². The zero-order valence-electron chi connectivity index (χ0n) is 13.8. The van der Waals surface area contributed by atoms with Gasteiger partial charge in [-0.15, -0.1) is 0 Å². The van der Waals surface area contributed by atoms with Gasteiger partial charge in [0.1, 0.15) is 0 Å². The van der Waals surface area contributed by atoms with Gasteiger partial charge < -0.3 is 0 Å². The number of rotatable bonds is 5. The van der Waals surface area contributed by atoms with Crippen molar-refractivity contribution in [3.8, 4) is 17.5 Å². The molecule has 1 aromatic heterocycles. The summed E-state index contributed by atoms with van der Waals surface area (Å²) in [5, 5.41) is 8.88. The lowest BCUT2D eigenvalue weighted by Crippen LogP contribution is -2.16. The Hall–Kier alpha value is -2.21. The number of hydrogen-bond donors (Lipinski definition) is 0. The van der Waals surface area contributed by atoms with Gasteiger partial charge in [-0.25, -0.2) is 9.97 Å². The van der Waals surface area contributed by atoms with Crippen LogP contribution in [0.2, 0.25) is 0 Å². The van der Waals surface area contributed by atoms with Crippen LogP contribution in [0, 0.1) is 17.2 Å². The molecule has 2 aromatic rings. The Kier molecular flexibility index (Phi) is 5.02. The van der Waals surface area contributed by atoms with Crippen LogP contribution in [0.3, 0.4) is 0 Å². The minimum absolute atomic E-state index is 0.668. The van der Waals surface area contributed by atoms with Crippen LogP contribution in [-0.4, -0.2) is 9.97 Å². The highest BCUT2D eigenvalue weighted by Gasteiger charge is 2.20. The first-order valence-corrected chi connectivity index (χ1v) is 8.65. The molecule has 1 heterocycles. The van der Waals surface area contributed by atoms with E-state index in [2.05, 4.69) is 18.0 Å². The van der Waals surface area contributed by atoms with Crippen LogP contribution >= 0.6 is 0 Å². The van der Waals surface area contributed by atoms with Crippen molar-refractivity contribution in [1.29, 1.82) is 5.26 Å². The molecule has 23 heavy (non-hydrogen) atoms. The van der Waals surface area contributed by atoms with Crippen LogP contribution in [0.4, 0.5) is 0 Å². The van der Waals surface area contributed by atoms with E-state index in [9.17, 15) is 0 Å². The van der Waals surface area contributed by atoms with Gasteiger partial charge in [0.2, 0.25) is 0 Å². The maximum absolute atomic E-state index is 8.88. The van der Waals surface area contributed by atoms with Crippen LogP contribution in [0.15, 0.2) is 30.5 Å². The standard InChI is InChI=1S/C20H23N3/c1-2-3-4-5-15-8-11-19-18(12-15)14-22-20(23-19)17-9-6-16(13-21)7-10-17/h6-7,9-10,14-15H,2-5,8,11-12H2,1H3. The number of aromatic nitrogens is 2. The first-order valence-electron chi connectivity index (χ1n) is 8.65. The van der Waals surface area contributed by atoms with E-state index in [0.29, 0.717) is 5.56 Å². The molecule has 118 valence electrons. The topological polar surface area (TPSA) is 49.6 Å². The second kappa shape index (κ2) is 7.37. The highest BCUT2D eigenvalue weighted by atomic mass is 14.9. The fourth-order valence-electron chi connectivity index (χ4n) is 3.35. The summed E-state index contributed by atoms with van der Waals surface area (Å²) < 4.78 is 0. The van der Waals surface area contributed by atoms with Crippen molar-refractivity contribution < 1.29 is 0 Å². The fraction of sp³-hybridized carbons (Fsp3) is 0.450. The largest absolute Gasteiger partial charge is 0.236 e. The van der Waals surface area contributed by atoms with Gasteiger partial charge in [0.25, 0.3) is 0 Å². The van der Waals surface area contributed by atoms with Crippen molar-refractivity contribution in [2.45, 2.75) is 51.9 Å². The number of fused-ring (bicyclic) bond motifs is 1. The summed E-state index contributed by atoms with van der Waals surface area (Å²) in [7, 11) is 0. The molecule has 3 rings (SSSR count). The number of hydrogen-bond acceptors (Lipinski definition) is 3. The maximum atomic E-state index is 8.88. The number of nitriles is 1. The Morgan fingerprint density at radius 3 is 2.78 bits per heavy atom. The van der Waals surface area contributed by atoms with Gasteiger partial charge in [-0.1, -0.05) is 32.6 Å². The monoisotopic (exact) mass is 305 g/mol. The lowest BCUT2D eigenvalue weighted by molar-refractivity contribution is 0.404. The molecule has 0 saturated heterocycles. The van der Waals surface area contributed by atoms with E-state index >= 15 is 0 Å². The van der Waals surface area contributed by atoms with Crippen molar-refractivity contribution in [3.05, 3.63) is 47.3 Å². The second-order valence-corrected chi connectivity index (χ2v) is 6.46.